The van der Waals surface area contributed by atoms with Crippen LogP contribution in [0, 0.1) is 0 Å². The average molecular weight is 182 g/mol. The predicted octanol–water partition coefficient (Wildman–Crippen LogP) is 0.577. The molecule has 0 aromatic heterocycles. The highest BCUT2D eigenvalue weighted by Crippen LogP contribution is 1.97. The van der Waals surface area contributed by atoms with Gasteiger partial charge in [-0.25, -0.2) is 14.6 Å². The van der Waals surface area contributed by atoms with Crippen LogP contribution in [0.25, 0.3) is 0 Å². The second kappa shape index (κ2) is 7.13. The molecule has 5 nitrogen and oxygen atoms in total. The van der Waals surface area contributed by atoms with Gasteiger partial charge in [0.15, 0.2) is 6.23 Å². The van der Waals surface area contributed by atoms with Gasteiger partial charge in [-0.05, 0) is 6.92 Å². The molecule has 0 bridgehead atoms. The monoisotopic (exact) mass is 182 g/mol. The lowest BCUT2D eigenvalue weighted by molar-refractivity contribution is 0.0833. The lowest BCUT2D eigenvalue weighted by Gasteiger charge is -2.07. The first-order valence-corrected chi connectivity index (χ1v) is 3.57. The lowest BCUT2D eigenvalue weighted by Crippen LogP contribution is -2.14. The second-order valence-corrected chi connectivity index (χ2v) is 2.38. The van der Waals surface area contributed by atoms with Crippen LogP contribution in [0.3, 0.4) is 0 Å². The van der Waals surface area contributed by atoms with Gasteiger partial charge >= 0.3 is 0 Å². The Balaban J connectivity index is 4.00. The lowest BCUT2D eigenvalue weighted by atomic mass is 10.4. The molecule has 13 heavy (non-hydrogen) atoms. The second-order valence-electron chi connectivity index (χ2n) is 2.38. The molecule has 0 saturated carbocycles. The van der Waals surface area contributed by atoms with E-state index in [-0.39, 0.29) is 13.2 Å². The fourth-order valence-corrected chi connectivity index (χ4v) is 0.543. The number of isocyanates is 2. The Morgan fingerprint density at radius 1 is 1.54 bits per heavy atom. The molecule has 1 atom stereocenters. The van der Waals surface area contributed by atoms with E-state index in [0.717, 1.165) is 5.57 Å². The van der Waals surface area contributed by atoms with E-state index in [1.165, 1.54) is 12.2 Å². The summed E-state index contributed by atoms with van der Waals surface area (Å²) in [5, 5.41) is 0. The van der Waals surface area contributed by atoms with Crippen molar-refractivity contribution in [3.8, 4) is 0 Å². The van der Waals surface area contributed by atoms with Crippen LogP contribution in [0.2, 0.25) is 0 Å². The minimum atomic E-state index is -0.768. The molecule has 70 valence electrons. The van der Waals surface area contributed by atoms with Gasteiger partial charge in [0.25, 0.3) is 0 Å². The Hall–Kier alpha value is -1.54. The third kappa shape index (κ3) is 6.84. The number of ether oxygens (including phenoxy) is 1. The van der Waals surface area contributed by atoms with Crippen LogP contribution in [-0.4, -0.2) is 31.5 Å². The van der Waals surface area contributed by atoms with Crippen molar-refractivity contribution in [2.45, 2.75) is 13.2 Å². The molecule has 0 aliphatic carbocycles. The summed E-state index contributed by atoms with van der Waals surface area (Å²) in [6, 6.07) is 0. The summed E-state index contributed by atoms with van der Waals surface area (Å²) in [6.45, 7) is 5.61. The van der Waals surface area contributed by atoms with Crippen LogP contribution in [0.1, 0.15) is 6.92 Å². The Labute approximate surface area is 75.8 Å². The number of hydrogen-bond acceptors (Lipinski definition) is 5. The van der Waals surface area contributed by atoms with Crippen LogP contribution < -0.4 is 0 Å². The van der Waals surface area contributed by atoms with E-state index in [0.29, 0.717) is 0 Å². The maximum Gasteiger partial charge on any atom is 0.237 e. The van der Waals surface area contributed by atoms with Crippen LogP contribution in [0.15, 0.2) is 22.1 Å². The molecule has 5 heteroatoms. The number of hydrogen-bond donors (Lipinski definition) is 0. The van der Waals surface area contributed by atoms with E-state index < -0.39 is 6.23 Å². The zero-order chi connectivity index (χ0) is 10.1. The molecule has 0 amide bonds. The normalized spacial score (nSPS) is 10.8. The molecule has 0 radical (unpaired) electrons. The highest BCUT2D eigenvalue weighted by molar-refractivity contribution is 5.34. The molecule has 0 aromatic rings. The molecule has 0 saturated heterocycles. The van der Waals surface area contributed by atoms with Gasteiger partial charge in [0.2, 0.25) is 12.2 Å². The molecule has 0 N–H and O–H groups in total. The summed E-state index contributed by atoms with van der Waals surface area (Å²) < 4.78 is 5.04. The third-order valence-corrected chi connectivity index (χ3v) is 1.03. The summed E-state index contributed by atoms with van der Waals surface area (Å²) in [5.74, 6) is 0. The van der Waals surface area contributed by atoms with Gasteiger partial charge in [0.1, 0.15) is 0 Å². The molecule has 0 heterocycles. The van der Waals surface area contributed by atoms with Crippen molar-refractivity contribution < 1.29 is 14.3 Å². The van der Waals surface area contributed by atoms with Crippen molar-refractivity contribution in [1.82, 2.24) is 0 Å². The Morgan fingerprint density at radius 3 is 2.69 bits per heavy atom. The molecule has 0 aliphatic rings. The molecule has 0 rings (SSSR count). The quantitative estimate of drug-likeness (QED) is 0.342. The molecule has 0 aromatic carbocycles. The Morgan fingerprint density at radius 2 is 2.23 bits per heavy atom. The van der Waals surface area contributed by atoms with Crippen LogP contribution in [0.4, 0.5) is 0 Å². The van der Waals surface area contributed by atoms with E-state index in [9.17, 15) is 9.59 Å². The summed E-state index contributed by atoms with van der Waals surface area (Å²) >= 11 is 0. The molecule has 0 fully saturated rings. The molecular weight excluding hydrogens is 172 g/mol. The van der Waals surface area contributed by atoms with Crippen molar-refractivity contribution in [3.63, 3.8) is 0 Å². The minimum absolute atomic E-state index is 0.0218. The summed E-state index contributed by atoms with van der Waals surface area (Å²) in [6.07, 6.45) is 1.89. The minimum Gasteiger partial charge on any atom is -0.349 e. The number of rotatable bonds is 6. The van der Waals surface area contributed by atoms with E-state index in [1.54, 1.807) is 6.92 Å². The van der Waals surface area contributed by atoms with Crippen LogP contribution in [0.5, 0.6) is 0 Å². The summed E-state index contributed by atoms with van der Waals surface area (Å²) in [7, 11) is 0. The highest BCUT2D eigenvalue weighted by Gasteiger charge is 2.05. The van der Waals surface area contributed by atoms with E-state index in [4.69, 9.17) is 4.74 Å². The van der Waals surface area contributed by atoms with Gasteiger partial charge in [-0.3, -0.25) is 0 Å². The number of carbonyl (C=O) groups excluding carboxylic acids is 2. The smallest absolute Gasteiger partial charge is 0.237 e. The first-order chi connectivity index (χ1) is 6.20. The van der Waals surface area contributed by atoms with Gasteiger partial charge in [0.05, 0.1) is 13.2 Å². The summed E-state index contributed by atoms with van der Waals surface area (Å²) in [5.41, 5.74) is 0.793. The van der Waals surface area contributed by atoms with Crippen LogP contribution in [-0.2, 0) is 14.3 Å². The highest BCUT2D eigenvalue weighted by atomic mass is 16.5. The summed E-state index contributed by atoms with van der Waals surface area (Å²) in [4.78, 5) is 26.2. The van der Waals surface area contributed by atoms with Crippen molar-refractivity contribution >= 4 is 12.2 Å². The van der Waals surface area contributed by atoms with E-state index in [1.807, 2.05) is 0 Å². The van der Waals surface area contributed by atoms with Gasteiger partial charge in [-0.15, -0.1) is 0 Å². The number of aliphatic imine (C=N–C) groups is 2. The SMILES string of the molecule is C=C(C)COC(CN=C=O)N=C=O. The van der Waals surface area contributed by atoms with Gasteiger partial charge < -0.3 is 4.74 Å². The van der Waals surface area contributed by atoms with E-state index >= 15 is 0 Å². The molecule has 0 aliphatic heterocycles. The largest absolute Gasteiger partial charge is 0.349 e. The van der Waals surface area contributed by atoms with E-state index in [2.05, 4.69) is 16.6 Å². The zero-order valence-corrected chi connectivity index (χ0v) is 7.32. The van der Waals surface area contributed by atoms with Crippen LogP contribution >= 0.6 is 0 Å². The zero-order valence-electron chi connectivity index (χ0n) is 7.32. The van der Waals surface area contributed by atoms with Gasteiger partial charge in [-0.1, -0.05) is 12.2 Å². The maximum absolute atomic E-state index is 9.89. The van der Waals surface area contributed by atoms with Gasteiger partial charge in [-0.2, -0.15) is 4.99 Å². The average Bonchev–Trinajstić information content (AvgIpc) is 2.09. The van der Waals surface area contributed by atoms with Crippen molar-refractivity contribution in [2.24, 2.45) is 9.98 Å². The fourth-order valence-electron chi connectivity index (χ4n) is 0.543. The number of nitrogens with zero attached hydrogens (tertiary/aromatic N) is 2. The van der Waals surface area contributed by atoms with Crippen molar-refractivity contribution in [3.05, 3.63) is 12.2 Å². The van der Waals surface area contributed by atoms with Crippen molar-refractivity contribution in [1.29, 1.82) is 0 Å². The topological polar surface area (TPSA) is 68.1 Å². The molecular formula is C8H10N2O3. The first-order valence-electron chi connectivity index (χ1n) is 3.57. The Kier molecular flexibility index (Phi) is 6.28. The maximum atomic E-state index is 9.89. The third-order valence-electron chi connectivity index (χ3n) is 1.03. The first kappa shape index (κ1) is 11.5. The van der Waals surface area contributed by atoms with Crippen molar-refractivity contribution in [2.75, 3.05) is 13.2 Å². The molecule has 0 spiro atoms. The predicted molar refractivity (Wildman–Crippen MR) is 45.7 cm³/mol. The standard InChI is InChI=1S/C8H10N2O3/c1-7(2)4-13-8(10-6-12)3-9-5-11/h8H,1,3-4H2,2H3. The fraction of sp³-hybridized carbons (Fsp3) is 0.500. The molecule has 1 unspecified atom stereocenters. The van der Waals surface area contributed by atoms with Gasteiger partial charge in [0, 0.05) is 0 Å². The Bertz CT molecular complexity index is 263.